The topological polar surface area (TPSA) is 0 Å². The summed E-state index contributed by atoms with van der Waals surface area (Å²) in [6.07, 6.45) is 7.14. The van der Waals surface area contributed by atoms with Crippen LogP contribution in [0.2, 0.25) is 0 Å². The smallest absolute Gasteiger partial charge is 0.0644 e. The minimum Gasteiger partial charge on any atom is -0.143 e. The van der Waals surface area contributed by atoms with Gasteiger partial charge in [0.2, 0.25) is 0 Å². The Morgan fingerprint density at radius 3 is 2.25 bits per heavy atom. The van der Waals surface area contributed by atoms with Crippen molar-refractivity contribution in [3.63, 3.8) is 0 Å². The number of hydrogen-bond acceptors (Lipinski definition) is 4. The van der Waals surface area contributed by atoms with E-state index in [1.807, 2.05) is 0 Å². The fourth-order valence-corrected chi connectivity index (χ4v) is 11.9. The van der Waals surface area contributed by atoms with Crippen molar-refractivity contribution in [3.8, 4) is 0 Å². The van der Waals surface area contributed by atoms with Crippen LogP contribution in [0.15, 0.2) is 0 Å². The summed E-state index contributed by atoms with van der Waals surface area (Å²) in [5.74, 6) is 0. The molecule has 2 unspecified atom stereocenters. The zero-order valence-electron chi connectivity index (χ0n) is 9.98. The molecule has 3 saturated heterocycles. The fraction of sp³-hybridized carbons (Fsp3) is 1.00. The summed E-state index contributed by atoms with van der Waals surface area (Å²) < 4.78 is 2.36. The van der Waals surface area contributed by atoms with Gasteiger partial charge in [0.25, 0.3) is 0 Å². The number of fused-ring (bicyclic) bond motifs is 3. The molecule has 3 aliphatic heterocycles. The molecule has 4 fully saturated rings. The lowest BCUT2D eigenvalue weighted by atomic mass is 9.98. The van der Waals surface area contributed by atoms with E-state index in [2.05, 4.69) is 60.9 Å². The van der Waals surface area contributed by atoms with Gasteiger partial charge in [0.1, 0.15) is 0 Å². The van der Waals surface area contributed by atoms with Gasteiger partial charge in [0.05, 0.1) is 13.2 Å². The van der Waals surface area contributed by atoms with Gasteiger partial charge in [-0.3, -0.25) is 0 Å². The second-order valence-electron chi connectivity index (χ2n) is 4.91. The summed E-state index contributed by atoms with van der Waals surface area (Å²) in [6.45, 7) is 4.73. The molecule has 0 aromatic heterocycles. The van der Waals surface area contributed by atoms with E-state index in [9.17, 15) is 0 Å². The molecule has 0 radical (unpaired) electrons. The third-order valence-corrected chi connectivity index (χ3v) is 11.6. The first-order chi connectivity index (χ1) is 7.74. The van der Waals surface area contributed by atoms with Crippen LogP contribution in [0.4, 0.5) is 0 Å². The number of thioether (sulfide) groups is 4. The Labute approximate surface area is 116 Å². The third kappa shape index (κ3) is 2.17. The van der Waals surface area contributed by atoms with E-state index in [0.717, 1.165) is 19.7 Å². The van der Waals surface area contributed by atoms with Gasteiger partial charge >= 0.3 is 0 Å². The first-order valence-corrected chi connectivity index (χ1v) is 10.1. The van der Waals surface area contributed by atoms with Gasteiger partial charge in [0.15, 0.2) is 0 Å². The van der Waals surface area contributed by atoms with Crippen LogP contribution in [0.5, 0.6) is 0 Å². The van der Waals surface area contributed by atoms with Crippen molar-refractivity contribution in [2.24, 2.45) is 0 Å². The molecule has 1 aliphatic carbocycles. The largest absolute Gasteiger partial charge is 0.143 e. The van der Waals surface area contributed by atoms with Crippen LogP contribution in [-0.2, 0) is 0 Å². The highest BCUT2D eigenvalue weighted by Gasteiger charge is 2.52. The van der Waals surface area contributed by atoms with Gasteiger partial charge in [0, 0.05) is 10.5 Å². The zero-order valence-corrected chi connectivity index (χ0v) is 13.2. The Kier molecular flexibility index (Phi) is 3.75. The van der Waals surface area contributed by atoms with Crippen LogP contribution in [-0.4, -0.2) is 23.7 Å². The molecule has 4 rings (SSSR count). The van der Waals surface area contributed by atoms with Gasteiger partial charge in [-0.05, 0) is 32.1 Å². The van der Waals surface area contributed by atoms with Crippen molar-refractivity contribution in [2.75, 3.05) is 0 Å². The van der Waals surface area contributed by atoms with Crippen LogP contribution in [0.25, 0.3) is 0 Å². The van der Waals surface area contributed by atoms with Gasteiger partial charge in [-0.2, -0.15) is 0 Å². The van der Waals surface area contributed by atoms with Crippen LogP contribution >= 0.6 is 47.0 Å². The van der Waals surface area contributed by atoms with E-state index in [0.29, 0.717) is 4.08 Å². The summed E-state index contributed by atoms with van der Waals surface area (Å²) in [4.78, 5) is 0. The van der Waals surface area contributed by atoms with Gasteiger partial charge < -0.3 is 0 Å². The molecule has 0 nitrogen and oxygen atoms in total. The molecule has 4 aliphatic rings. The Morgan fingerprint density at radius 1 is 1.00 bits per heavy atom. The van der Waals surface area contributed by atoms with E-state index in [-0.39, 0.29) is 0 Å². The van der Waals surface area contributed by atoms with Crippen molar-refractivity contribution in [3.05, 3.63) is 0 Å². The molecular formula is C12H20S4. The second kappa shape index (κ2) is 4.82. The molecule has 3 bridgehead atoms. The van der Waals surface area contributed by atoms with Crippen molar-refractivity contribution < 1.29 is 0 Å². The summed E-state index contributed by atoms with van der Waals surface area (Å²) >= 11 is 9.25. The lowest BCUT2D eigenvalue weighted by Crippen LogP contribution is -2.41. The lowest BCUT2D eigenvalue weighted by Gasteiger charge is -2.47. The maximum Gasteiger partial charge on any atom is 0.0644 e. The van der Waals surface area contributed by atoms with Crippen molar-refractivity contribution in [2.45, 2.75) is 69.7 Å². The van der Waals surface area contributed by atoms with Crippen LogP contribution < -0.4 is 0 Å². The zero-order chi connectivity index (χ0) is 11.2. The molecule has 92 valence electrons. The van der Waals surface area contributed by atoms with Crippen molar-refractivity contribution in [1.29, 1.82) is 0 Å². The van der Waals surface area contributed by atoms with Gasteiger partial charge in [-0.1, -0.05) is 13.8 Å². The van der Waals surface area contributed by atoms with Crippen LogP contribution in [0.1, 0.15) is 46.0 Å². The molecule has 4 heteroatoms. The number of rotatable bonds is 2. The molecule has 1 saturated carbocycles. The van der Waals surface area contributed by atoms with E-state index < -0.39 is 0 Å². The second-order valence-corrected chi connectivity index (χ2v) is 11.8. The summed E-state index contributed by atoms with van der Waals surface area (Å²) in [6, 6.07) is 0. The highest BCUT2D eigenvalue weighted by molar-refractivity contribution is 8.30. The van der Waals surface area contributed by atoms with Gasteiger partial charge in [-0.25, -0.2) is 0 Å². The van der Waals surface area contributed by atoms with E-state index in [4.69, 9.17) is 0 Å². The first kappa shape index (κ1) is 12.4. The quantitative estimate of drug-likeness (QED) is 0.699. The molecular weight excluding hydrogens is 272 g/mol. The number of hydrogen-bond donors (Lipinski definition) is 0. The molecule has 0 aromatic carbocycles. The van der Waals surface area contributed by atoms with Crippen LogP contribution in [0.3, 0.4) is 0 Å². The SMILES string of the molecule is CCC1SC2C[C@]3(CC[C@@H]2S[C@H](CC)S3)S1. The predicted octanol–water partition coefficient (Wildman–Crippen LogP) is 5.04. The van der Waals surface area contributed by atoms with E-state index in [1.165, 1.54) is 32.1 Å². The normalized spacial score (nSPS) is 51.4. The fourth-order valence-electron chi connectivity index (χ4n) is 2.91. The predicted molar refractivity (Wildman–Crippen MR) is 82.7 cm³/mol. The monoisotopic (exact) mass is 292 g/mol. The summed E-state index contributed by atoms with van der Waals surface area (Å²) in [7, 11) is 0. The molecule has 5 atom stereocenters. The average molecular weight is 293 g/mol. The minimum absolute atomic E-state index is 0.608. The molecule has 1 spiro atoms. The standard InChI is InChI=1S/C12H20S4/c1-3-10-13-8-5-6-12(15-10)7-9(8)14-11(4-2)16-12/h8-11H,3-7H2,1-2H3/t8-,9?,10-,11?,12-/m0/s1. The average Bonchev–Trinajstić information content (AvgIpc) is 2.53. The molecule has 0 N–H and O–H groups in total. The Morgan fingerprint density at radius 2 is 1.62 bits per heavy atom. The summed E-state index contributed by atoms with van der Waals surface area (Å²) in [5, 5.41) is 1.93. The highest BCUT2D eigenvalue weighted by atomic mass is 32.3. The molecule has 16 heavy (non-hydrogen) atoms. The minimum atomic E-state index is 0.608. The van der Waals surface area contributed by atoms with Crippen LogP contribution in [0, 0.1) is 0 Å². The van der Waals surface area contributed by atoms with E-state index in [1.54, 1.807) is 0 Å². The molecule has 0 aromatic rings. The molecule has 0 amide bonds. The maximum absolute atomic E-state index is 2.37. The molecule has 3 heterocycles. The lowest BCUT2D eigenvalue weighted by molar-refractivity contribution is 0.511. The van der Waals surface area contributed by atoms with Crippen molar-refractivity contribution in [1.82, 2.24) is 0 Å². The third-order valence-electron chi connectivity index (χ3n) is 3.75. The first-order valence-electron chi connectivity index (χ1n) is 6.41. The van der Waals surface area contributed by atoms with Crippen molar-refractivity contribution >= 4 is 47.0 Å². The maximum atomic E-state index is 2.37. The highest BCUT2D eigenvalue weighted by Crippen LogP contribution is 2.66. The van der Waals surface area contributed by atoms with E-state index >= 15 is 0 Å². The Hall–Kier alpha value is 1.40. The van der Waals surface area contributed by atoms with Gasteiger partial charge in [-0.15, -0.1) is 47.0 Å². The summed E-state index contributed by atoms with van der Waals surface area (Å²) in [5.41, 5.74) is 0. The Bertz CT molecular complexity index is 270. The Balaban J connectivity index is 1.86.